The predicted molar refractivity (Wildman–Crippen MR) is 63.2 cm³/mol. The number of hydrogen-bond acceptors (Lipinski definition) is 2. The van der Waals surface area contributed by atoms with Crippen LogP contribution in [0.5, 0.6) is 0 Å². The van der Waals surface area contributed by atoms with Crippen molar-refractivity contribution in [1.29, 1.82) is 0 Å². The summed E-state index contributed by atoms with van der Waals surface area (Å²) in [6, 6.07) is 4.95. The summed E-state index contributed by atoms with van der Waals surface area (Å²) >= 11 is 6.01. The third-order valence-electron chi connectivity index (χ3n) is 2.25. The molecular weight excluding hydrogens is 232 g/mol. The summed E-state index contributed by atoms with van der Waals surface area (Å²) < 4.78 is 22.5. The number of halogens is 1. The van der Waals surface area contributed by atoms with Crippen molar-refractivity contribution in [2.45, 2.75) is 31.1 Å². The molecule has 0 bridgehead atoms. The summed E-state index contributed by atoms with van der Waals surface area (Å²) in [5, 5.41) is 0.548. The van der Waals surface area contributed by atoms with E-state index < -0.39 is 9.84 Å². The Morgan fingerprint density at radius 3 is 2.47 bits per heavy atom. The zero-order valence-corrected chi connectivity index (χ0v) is 10.5. The van der Waals surface area contributed by atoms with E-state index in [-0.39, 0.29) is 4.90 Å². The van der Waals surface area contributed by atoms with Gasteiger partial charge in [-0.2, -0.15) is 0 Å². The molecule has 4 heteroatoms. The molecule has 15 heavy (non-hydrogen) atoms. The Kier molecular flexibility index (Phi) is 4.17. The summed E-state index contributed by atoms with van der Waals surface area (Å²) in [4.78, 5) is 0.285. The second-order valence-electron chi connectivity index (χ2n) is 3.63. The maximum Gasteiger partial charge on any atom is 0.175 e. The van der Waals surface area contributed by atoms with Crippen LogP contribution >= 0.6 is 11.6 Å². The SMILES string of the molecule is CCCCc1ccc(S(C)(=O)=O)cc1Cl. The summed E-state index contributed by atoms with van der Waals surface area (Å²) in [5.41, 5.74) is 1.02. The maximum atomic E-state index is 11.3. The lowest BCUT2D eigenvalue weighted by Gasteiger charge is -2.05. The largest absolute Gasteiger partial charge is 0.224 e. The van der Waals surface area contributed by atoms with Crippen LogP contribution in [0.25, 0.3) is 0 Å². The molecule has 0 saturated carbocycles. The Morgan fingerprint density at radius 2 is 2.00 bits per heavy atom. The highest BCUT2D eigenvalue weighted by Gasteiger charge is 2.09. The van der Waals surface area contributed by atoms with E-state index in [4.69, 9.17) is 11.6 Å². The van der Waals surface area contributed by atoms with Crippen molar-refractivity contribution >= 4 is 21.4 Å². The monoisotopic (exact) mass is 246 g/mol. The number of unbranched alkanes of at least 4 members (excludes halogenated alkanes) is 1. The average molecular weight is 247 g/mol. The number of aryl methyl sites for hydroxylation is 1. The Bertz CT molecular complexity index is 438. The van der Waals surface area contributed by atoms with Crippen molar-refractivity contribution in [3.63, 3.8) is 0 Å². The fraction of sp³-hybridized carbons (Fsp3) is 0.455. The van der Waals surface area contributed by atoms with Gasteiger partial charge < -0.3 is 0 Å². The first-order valence-corrected chi connectivity index (χ1v) is 7.20. The summed E-state index contributed by atoms with van der Waals surface area (Å²) in [5.74, 6) is 0. The number of hydrogen-bond donors (Lipinski definition) is 0. The van der Waals surface area contributed by atoms with Crippen LogP contribution in [0.15, 0.2) is 23.1 Å². The van der Waals surface area contributed by atoms with Gasteiger partial charge in [-0.3, -0.25) is 0 Å². The lowest BCUT2D eigenvalue weighted by atomic mass is 10.1. The minimum absolute atomic E-state index is 0.285. The Balaban J connectivity index is 2.99. The molecule has 0 aliphatic heterocycles. The van der Waals surface area contributed by atoms with E-state index in [1.165, 1.54) is 12.3 Å². The maximum absolute atomic E-state index is 11.3. The van der Waals surface area contributed by atoms with Gasteiger partial charge in [-0.15, -0.1) is 0 Å². The van der Waals surface area contributed by atoms with Crippen LogP contribution in [-0.4, -0.2) is 14.7 Å². The van der Waals surface area contributed by atoms with Crippen molar-refractivity contribution < 1.29 is 8.42 Å². The summed E-state index contributed by atoms with van der Waals surface area (Å²) in [6.45, 7) is 2.11. The molecule has 0 atom stereocenters. The van der Waals surface area contributed by atoms with E-state index in [0.717, 1.165) is 24.8 Å². The topological polar surface area (TPSA) is 34.1 Å². The van der Waals surface area contributed by atoms with E-state index in [1.807, 2.05) is 0 Å². The molecule has 0 N–H and O–H groups in total. The molecule has 0 radical (unpaired) electrons. The van der Waals surface area contributed by atoms with Gasteiger partial charge in [0.25, 0.3) is 0 Å². The molecule has 0 heterocycles. The molecule has 0 aliphatic rings. The van der Waals surface area contributed by atoms with E-state index in [1.54, 1.807) is 12.1 Å². The smallest absolute Gasteiger partial charge is 0.175 e. The lowest BCUT2D eigenvalue weighted by molar-refractivity contribution is 0.602. The Hall–Kier alpha value is -0.540. The van der Waals surface area contributed by atoms with Crippen LogP contribution in [-0.2, 0) is 16.3 Å². The van der Waals surface area contributed by atoms with Crippen molar-refractivity contribution in [2.75, 3.05) is 6.26 Å². The van der Waals surface area contributed by atoms with Crippen LogP contribution in [0.1, 0.15) is 25.3 Å². The Morgan fingerprint density at radius 1 is 1.33 bits per heavy atom. The van der Waals surface area contributed by atoms with Crippen molar-refractivity contribution in [2.24, 2.45) is 0 Å². The highest BCUT2D eigenvalue weighted by molar-refractivity contribution is 7.90. The molecular formula is C11H15ClO2S. The lowest BCUT2D eigenvalue weighted by Crippen LogP contribution is -1.98. The van der Waals surface area contributed by atoms with Gasteiger partial charge in [0.05, 0.1) is 4.90 Å². The number of rotatable bonds is 4. The highest BCUT2D eigenvalue weighted by Crippen LogP contribution is 2.22. The molecule has 1 aromatic rings. The average Bonchev–Trinajstić information content (AvgIpc) is 2.14. The molecule has 0 amide bonds. The molecule has 0 saturated heterocycles. The van der Waals surface area contributed by atoms with Gasteiger partial charge in [-0.05, 0) is 30.5 Å². The second kappa shape index (κ2) is 4.99. The van der Waals surface area contributed by atoms with Gasteiger partial charge in [-0.1, -0.05) is 31.0 Å². The molecule has 84 valence electrons. The molecule has 0 aromatic heterocycles. The molecule has 1 aromatic carbocycles. The molecule has 0 unspecified atom stereocenters. The fourth-order valence-electron chi connectivity index (χ4n) is 1.33. The van der Waals surface area contributed by atoms with E-state index in [9.17, 15) is 8.42 Å². The number of benzene rings is 1. The van der Waals surface area contributed by atoms with E-state index in [0.29, 0.717) is 5.02 Å². The Labute approximate surface area is 96.2 Å². The van der Waals surface area contributed by atoms with Gasteiger partial charge in [0.15, 0.2) is 9.84 Å². The zero-order valence-electron chi connectivity index (χ0n) is 8.96. The first-order chi connectivity index (χ1) is 6.95. The second-order valence-corrected chi connectivity index (χ2v) is 6.05. The van der Waals surface area contributed by atoms with Gasteiger partial charge in [-0.25, -0.2) is 8.42 Å². The van der Waals surface area contributed by atoms with Gasteiger partial charge in [0.2, 0.25) is 0 Å². The van der Waals surface area contributed by atoms with E-state index in [2.05, 4.69) is 6.92 Å². The highest BCUT2D eigenvalue weighted by atomic mass is 35.5. The van der Waals surface area contributed by atoms with Crippen LogP contribution in [0.2, 0.25) is 5.02 Å². The molecule has 0 spiro atoms. The number of sulfone groups is 1. The van der Waals surface area contributed by atoms with Gasteiger partial charge in [0.1, 0.15) is 0 Å². The summed E-state index contributed by atoms with van der Waals surface area (Å²) in [6.07, 6.45) is 4.26. The summed E-state index contributed by atoms with van der Waals surface area (Å²) in [7, 11) is -3.15. The predicted octanol–water partition coefficient (Wildman–Crippen LogP) is 3.09. The minimum atomic E-state index is -3.15. The van der Waals surface area contributed by atoms with Crippen molar-refractivity contribution in [3.05, 3.63) is 28.8 Å². The molecule has 0 aliphatic carbocycles. The van der Waals surface area contributed by atoms with Crippen molar-refractivity contribution in [1.82, 2.24) is 0 Å². The van der Waals surface area contributed by atoms with Crippen LogP contribution < -0.4 is 0 Å². The molecule has 0 fully saturated rings. The first kappa shape index (κ1) is 12.5. The van der Waals surface area contributed by atoms with Crippen molar-refractivity contribution in [3.8, 4) is 0 Å². The fourth-order valence-corrected chi connectivity index (χ4v) is 2.32. The third-order valence-corrected chi connectivity index (χ3v) is 3.71. The standard InChI is InChI=1S/C11H15ClO2S/c1-3-4-5-9-6-7-10(8-11(9)12)15(2,13)14/h6-8H,3-5H2,1-2H3. The zero-order chi connectivity index (χ0) is 11.5. The van der Waals surface area contributed by atoms with Crippen LogP contribution in [0.4, 0.5) is 0 Å². The van der Waals surface area contributed by atoms with E-state index >= 15 is 0 Å². The van der Waals surface area contributed by atoms with Crippen LogP contribution in [0, 0.1) is 0 Å². The molecule has 2 nitrogen and oxygen atoms in total. The third kappa shape index (κ3) is 3.50. The van der Waals surface area contributed by atoms with Gasteiger partial charge in [0, 0.05) is 11.3 Å². The normalized spacial score (nSPS) is 11.7. The first-order valence-electron chi connectivity index (χ1n) is 4.93. The quantitative estimate of drug-likeness (QED) is 0.818. The molecule has 1 rings (SSSR count). The van der Waals surface area contributed by atoms with Gasteiger partial charge >= 0.3 is 0 Å². The minimum Gasteiger partial charge on any atom is -0.224 e. The van der Waals surface area contributed by atoms with Crippen LogP contribution in [0.3, 0.4) is 0 Å².